The molecule has 0 aromatic heterocycles. The van der Waals surface area contributed by atoms with Crippen molar-refractivity contribution in [2.75, 3.05) is 33.3 Å². The molecule has 2 fully saturated rings. The topological polar surface area (TPSA) is 90.4 Å². The fraction of sp³-hybridized carbons (Fsp3) is 0.750. The zero-order chi connectivity index (χ0) is 26.3. The van der Waals surface area contributed by atoms with Crippen molar-refractivity contribution < 1.29 is 24.2 Å². The normalized spacial score (nSPS) is 35.4. The standard InChI is InChI=1S/C28H43N3O5/c1-6-9-10-16-30-17-12-14-28-22(21-24(33)29(5)15-11-13-27(21,8-3)36-28)25(34)31(23(28)26(30)35)20(18-32)19(4)7-2/h11-14,19-23,32H,6-10,15-18H2,1-5H3/t19-,20-,21+,22-,23?,27-,28-/m0/s1. The average Bonchev–Trinajstić information content (AvgIpc) is 3.17. The Balaban J connectivity index is 1.88. The van der Waals surface area contributed by atoms with Gasteiger partial charge in [-0.25, -0.2) is 0 Å². The maximum Gasteiger partial charge on any atom is 0.249 e. The van der Waals surface area contributed by atoms with Crippen LogP contribution in [0, 0.1) is 17.8 Å². The molecule has 1 spiro atoms. The molecule has 1 N–H and O–H groups in total. The molecule has 2 saturated heterocycles. The maximum atomic E-state index is 14.4. The third-order valence-electron chi connectivity index (χ3n) is 9.04. The van der Waals surface area contributed by atoms with Crippen LogP contribution < -0.4 is 0 Å². The van der Waals surface area contributed by atoms with E-state index in [4.69, 9.17) is 4.74 Å². The van der Waals surface area contributed by atoms with Crippen molar-refractivity contribution in [3.05, 3.63) is 24.3 Å². The van der Waals surface area contributed by atoms with E-state index in [2.05, 4.69) is 6.92 Å². The third kappa shape index (κ3) is 3.92. The van der Waals surface area contributed by atoms with Gasteiger partial charge in [-0.15, -0.1) is 0 Å². The number of nitrogens with zero attached hydrogens (tertiary/aromatic N) is 3. The highest BCUT2D eigenvalue weighted by Gasteiger charge is 2.75. The Hall–Kier alpha value is -2.19. The van der Waals surface area contributed by atoms with Crippen LogP contribution in [0.1, 0.15) is 59.8 Å². The fourth-order valence-corrected chi connectivity index (χ4v) is 6.79. The lowest BCUT2D eigenvalue weighted by Crippen LogP contribution is -2.60. The molecule has 200 valence electrons. The quantitative estimate of drug-likeness (QED) is 0.387. The molecule has 0 radical (unpaired) electrons. The van der Waals surface area contributed by atoms with Crippen molar-refractivity contribution in [3.8, 4) is 0 Å². The van der Waals surface area contributed by atoms with E-state index < -0.39 is 35.1 Å². The number of hydrogen-bond acceptors (Lipinski definition) is 5. The summed E-state index contributed by atoms with van der Waals surface area (Å²) in [5.74, 6) is -2.12. The van der Waals surface area contributed by atoms with Gasteiger partial charge in [-0.3, -0.25) is 14.4 Å². The fourth-order valence-electron chi connectivity index (χ4n) is 6.79. The molecule has 0 saturated carbocycles. The molecule has 4 rings (SSSR count). The van der Waals surface area contributed by atoms with Crippen LogP contribution in [0.25, 0.3) is 0 Å². The van der Waals surface area contributed by atoms with Crippen molar-refractivity contribution >= 4 is 17.7 Å². The number of fused-ring (bicyclic) bond motifs is 2. The Labute approximate surface area is 215 Å². The third-order valence-corrected chi connectivity index (χ3v) is 9.04. The van der Waals surface area contributed by atoms with Crippen LogP contribution >= 0.6 is 0 Å². The van der Waals surface area contributed by atoms with Crippen LogP contribution in [0.15, 0.2) is 24.3 Å². The van der Waals surface area contributed by atoms with Crippen molar-refractivity contribution in [1.82, 2.24) is 14.7 Å². The first-order chi connectivity index (χ1) is 17.2. The van der Waals surface area contributed by atoms with E-state index in [9.17, 15) is 19.5 Å². The summed E-state index contributed by atoms with van der Waals surface area (Å²) in [6.07, 6.45) is 11.9. The van der Waals surface area contributed by atoms with Crippen LogP contribution in [0.5, 0.6) is 0 Å². The molecule has 0 aromatic carbocycles. The molecule has 8 nitrogen and oxygen atoms in total. The van der Waals surface area contributed by atoms with Crippen molar-refractivity contribution in [2.45, 2.75) is 83.1 Å². The lowest BCUT2D eigenvalue weighted by Gasteiger charge is -2.42. The van der Waals surface area contributed by atoms with Gasteiger partial charge < -0.3 is 24.5 Å². The number of carbonyl (C=O) groups excluding carboxylic acids is 3. The van der Waals surface area contributed by atoms with Crippen LogP contribution in [0.2, 0.25) is 0 Å². The summed E-state index contributed by atoms with van der Waals surface area (Å²) in [4.78, 5) is 47.5. The van der Waals surface area contributed by atoms with Gasteiger partial charge in [0.15, 0.2) is 0 Å². The van der Waals surface area contributed by atoms with E-state index in [0.29, 0.717) is 26.1 Å². The molecule has 4 aliphatic heterocycles. The molecule has 4 heterocycles. The van der Waals surface area contributed by atoms with Crippen LogP contribution in [-0.2, 0) is 19.1 Å². The molecule has 3 amide bonds. The molecular formula is C28H43N3O5. The lowest BCUT2D eigenvalue weighted by molar-refractivity contribution is -0.158. The Kier molecular flexibility index (Phi) is 7.68. The highest BCUT2D eigenvalue weighted by molar-refractivity contribution is 6.00. The summed E-state index contributed by atoms with van der Waals surface area (Å²) in [5.41, 5.74) is -2.22. The molecule has 8 heteroatoms. The first-order valence-corrected chi connectivity index (χ1v) is 13.7. The summed E-state index contributed by atoms with van der Waals surface area (Å²) in [7, 11) is 1.75. The van der Waals surface area contributed by atoms with Gasteiger partial charge in [0.1, 0.15) is 11.6 Å². The van der Waals surface area contributed by atoms with Gasteiger partial charge in [-0.05, 0) is 18.8 Å². The lowest BCUT2D eigenvalue weighted by atomic mass is 9.73. The number of aliphatic hydroxyl groups excluding tert-OH is 1. The SMILES string of the molecule is CCCCCN1CC=C[C@]23O[C@@]4(CC)C=CCN(C)C(=O)[C@H]4[C@H]2C(=O)N([C@@H](CO)[C@@H](C)CC)C3C1=O. The second-order valence-electron chi connectivity index (χ2n) is 11.0. The van der Waals surface area contributed by atoms with Gasteiger partial charge in [0.05, 0.1) is 30.1 Å². The van der Waals surface area contributed by atoms with E-state index in [1.807, 2.05) is 50.0 Å². The Bertz CT molecular complexity index is 934. The number of amides is 3. The number of aliphatic hydroxyl groups is 1. The number of carbonyl (C=O) groups is 3. The minimum atomic E-state index is -1.26. The van der Waals surface area contributed by atoms with E-state index >= 15 is 0 Å². The Morgan fingerprint density at radius 3 is 2.39 bits per heavy atom. The number of ether oxygens (including phenoxy) is 1. The minimum Gasteiger partial charge on any atom is -0.394 e. The maximum absolute atomic E-state index is 14.4. The zero-order valence-corrected chi connectivity index (χ0v) is 22.5. The highest BCUT2D eigenvalue weighted by Crippen LogP contribution is 2.59. The van der Waals surface area contributed by atoms with E-state index in [1.165, 1.54) is 0 Å². The van der Waals surface area contributed by atoms with Gasteiger partial charge in [-0.1, -0.05) is 71.3 Å². The molecule has 4 aliphatic rings. The van der Waals surface area contributed by atoms with E-state index in [1.54, 1.807) is 16.8 Å². The van der Waals surface area contributed by atoms with Crippen LogP contribution in [0.3, 0.4) is 0 Å². The summed E-state index contributed by atoms with van der Waals surface area (Å²) < 4.78 is 6.94. The number of unbranched alkanes of at least 4 members (excludes halogenated alkanes) is 2. The molecule has 0 bridgehead atoms. The molecule has 1 unspecified atom stereocenters. The smallest absolute Gasteiger partial charge is 0.249 e. The Morgan fingerprint density at radius 1 is 1.03 bits per heavy atom. The van der Waals surface area contributed by atoms with Crippen LogP contribution in [0.4, 0.5) is 0 Å². The number of hydrogen-bond donors (Lipinski definition) is 1. The largest absolute Gasteiger partial charge is 0.394 e. The van der Waals surface area contributed by atoms with Gasteiger partial charge in [0, 0.05) is 26.7 Å². The molecule has 36 heavy (non-hydrogen) atoms. The predicted molar refractivity (Wildman–Crippen MR) is 137 cm³/mol. The van der Waals surface area contributed by atoms with Gasteiger partial charge in [0.25, 0.3) is 0 Å². The summed E-state index contributed by atoms with van der Waals surface area (Å²) >= 11 is 0. The summed E-state index contributed by atoms with van der Waals surface area (Å²) in [5, 5.41) is 10.5. The van der Waals surface area contributed by atoms with Gasteiger partial charge in [0.2, 0.25) is 17.7 Å². The minimum absolute atomic E-state index is 0.0215. The summed E-state index contributed by atoms with van der Waals surface area (Å²) in [6.45, 7) is 9.37. The number of likely N-dealkylation sites (N-methyl/N-ethyl adjacent to an activating group) is 1. The molecular weight excluding hydrogens is 458 g/mol. The second kappa shape index (κ2) is 10.3. The van der Waals surface area contributed by atoms with Gasteiger partial charge >= 0.3 is 0 Å². The number of rotatable bonds is 9. The Morgan fingerprint density at radius 2 is 1.75 bits per heavy atom. The molecule has 7 atom stereocenters. The monoisotopic (exact) mass is 501 g/mol. The van der Waals surface area contributed by atoms with Gasteiger partial charge in [-0.2, -0.15) is 0 Å². The summed E-state index contributed by atoms with van der Waals surface area (Å²) in [6, 6.07) is -1.44. The van der Waals surface area contributed by atoms with Crippen LogP contribution in [-0.4, -0.2) is 94.1 Å². The first-order valence-electron chi connectivity index (χ1n) is 13.7. The first kappa shape index (κ1) is 26.9. The van der Waals surface area contributed by atoms with Crippen molar-refractivity contribution in [1.29, 1.82) is 0 Å². The average molecular weight is 502 g/mol. The second-order valence-corrected chi connectivity index (χ2v) is 11.0. The van der Waals surface area contributed by atoms with Crippen molar-refractivity contribution in [3.63, 3.8) is 0 Å². The van der Waals surface area contributed by atoms with E-state index in [-0.39, 0.29) is 30.2 Å². The predicted octanol–water partition coefficient (Wildman–Crippen LogP) is 2.37. The molecule has 0 aliphatic carbocycles. The zero-order valence-electron chi connectivity index (χ0n) is 22.5. The highest BCUT2D eigenvalue weighted by atomic mass is 16.5. The van der Waals surface area contributed by atoms with Crippen molar-refractivity contribution in [2.24, 2.45) is 17.8 Å². The molecule has 0 aromatic rings. The number of likely N-dealkylation sites (tertiary alicyclic amines) is 1. The van der Waals surface area contributed by atoms with E-state index in [0.717, 1.165) is 25.7 Å².